The van der Waals surface area contributed by atoms with Crippen molar-refractivity contribution in [3.63, 3.8) is 0 Å². The normalized spacial score (nSPS) is 9.94. The van der Waals surface area contributed by atoms with Gasteiger partial charge in [-0.1, -0.05) is 30.3 Å². The maximum atomic E-state index is 10.9. The molecule has 17 heavy (non-hydrogen) atoms. The van der Waals surface area contributed by atoms with E-state index in [9.17, 15) is 4.79 Å². The highest BCUT2D eigenvalue weighted by molar-refractivity contribution is 5.71. The van der Waals surface area contributed by atoms with Gasteiger partial charge >= 0.3 is 5.97 Å². The van der Waals surface area contributed by atoms with E-state index in [1.807, 2.05) is 30.3 Å². The maximum Gasteiger partial charge on any atom is 0.309 e. The van der Waals surface area contributed by atoms with Crippen molar-refractivity contribution in [1.82, 2.24) is 9.97 Å². The van der Waals surface area contributed by atoms with E-state index in [4.69, 9.17) is 10.5 Å². The topological polar surface area (TPSA) is 78.1 Å². The van der Waals surface area contributed by atoms with Crippen molar-refractivity contribution >= 4 is 11.8 Å². The van der Waals surface area contributed by atoms with Crippen LogP contribution in [0.4, 0.5) is 5.82 Å². The van der Waals surface area contributed by atoms with Crippen molar-refractivity contribution < 1.29 is 9.53 Å². The molecule has 0 saturated heterocycles. The average Bonchev–Trinajstić information content (AvgIpc) is 2.32. The molecule has 0 aliphatic heterocycles. The zero-order chi connectivity index (χ0) is 12.3. The highest BCUT2D eigenvalue weighted by Crippen LogP contribution is 2.22. The second-order valence-electron chi connectivity index (χ2n) is 3.41. The first-order chi connectivity index (χ1) is 8.16. The van der Waals surface area contributed by atoms with E-state index in [-0.39, 0.29) is 11.7 Å². The molecule has 86 valence electrons. The number of nitrogens with zero attached hydrogens (tertiary/aromatic N) is 2. The minimum atomic E-state index is -0.476. The Bertz CT molecular complexity index is 541. The Morgan fingerprint density at radius 1 is 1.29 bits per heavy atom. The summed E-state index contributed by atoms with van der Waals surface area (Å²) in [6.45, 7) is 1.29. The standard InChI is InChI=1S/C12H11N3O2/c1-8(16)17-12-11(13)14-7-10(15-12)9-5-3-2-4-6-9/h2-7H,1H3,(H2,13,14). The van der Waals surface area contributed by atoms with Crippen molar-refractivity contribution in [2.75, 3.05) is 5.73 Å². The molecule has 2 rings (SSSR count). The molecule has 1 aromatic carbocycles. The van der Waals surface area contributed by atoms with Crippen LogP contribution in [0.25, 0.3) is 11.3 Å². The number of rotatable bonds is 2. The van der Waals surface area contributed by atoms with Gasteiger partial charge in [0.1, 0.15) is 0 Å². The highest BCUT2D eigenvalue weighted by atomic mass is 16.5. The zero-order valence-electron chi connectivity index (χ0n) is 9.25. The molecule has 0 unspecified atom stereocenters. The van der Waals surface area contributed by atoms with Crippen molar-refractivity contribution in [2.24, 2.45) is 0 Å². The molecule has 5 heteroatoms. The van der Waals surface area contributed by atoms with Crippen LogP contribution in [0.3, 0.4) is 0 Å². The second-order valence-corrected chi connectivity index (χ2v) is 3.41. The average molecular weight is 229 g/mol. The van der Waals surface area contributed by atoms with Gasteiger partial charge in [-0.3, -0.25) is 4.79 Å². The van der Waals surface area contributed by atoms with E-state index >= 15 is 0 Å². The number of carbonyl (C=O) groups is 1. The molecule has 0 spiro atoms. The SMILES string of the molecule is CC(=O)Oc1nc(-c2ccccc2)cnc1N. The van der Waals surface area contributed by atoms with Gasteiger partial charge in [0.2, 0.25) is 0 Å². The Balaban J connectivity index is 2.41. The third-order valence-electron chi connectivity index (χ3n) is 2.08. The highest BCUT2D eigenvalue weighted by Gasteiger charge is 2.09. The number of hydrogen-bond acceptors (Lipinski definition) is 5. The summed E-state index contributed by atoms with van der Waals surface area (Å²) in [6.07, 6.45) is 1.54. The van der Waals surface area contributed by atoms with Gasteiger partial charge in [-0.2, -0.15) is 0 Å². The smallest absolute Gasteiger partial charge is 0.309 e. The first-order valence-corrected chi connectivity index (χ1v) is 5.03. The van der Waals surface area contributed by atoms with E-state index in [0.29, 0.717) is 5.69 Å². The summed E-state index contributed by atoms with van der Waals surface area (Å²) in [7, 11) is 0. The van der Waals surface area contributed by atoms with Gasteiger partial charge in [0, 0.05) is 12.5 Å². The molecule has 0 atom stereocenters. The number of carbonyl (C=O) groups excluding carboxylic acids is 1. The number of anilines is 1. The van der Waals surface area contributed by atoms with Crippen LogP contribution in [-0.2, 0) is 4.79 Å². The third-order valence-corrected chi connectivity index (χ3v) is 2.08. The number of nitrogens with two attached hydrogens (primary N) is 1. The quantitative estimate of drug-likeness (QED) is 0.792. The lowest BCUT2D eigenvalue weighted by atomic mass is 10.2. The number of hydrogen-bond donors (Lipinski definition) is 1. The van der Waals surface area contributed by atoms with Crippen LogP contribution in [0.15, 0.2) is 36.5 Å². The van der Waals surface area contributed by atoms with Crippen LogP contribution in [0.1, 0.15) is 6.92 Å². The van der Waals surface area contributed by atoms with E-state index in [2.05, 4.69) is 9.97 Å². The van der Waals surface area contributed by atoms with Gasteiger partial charge < -0.3 is 10.5 Å². The van der Waals surface area contributed by atoms with E-state index < -0.39 is 5.97 Å². The second kappa shape index (κ2) is 4.61. The van der Waals surface area contributed by atoms with Crippen molar-refractivity contribution in [3.8, 4) is 17.1 Å². The summed E-state index contributed by atoms with van der Waals surface area (Å²) in [6, 6.07) is 9.45. The molecule has 0 bridgehead atoms. The van der Waals surface area contributed by atoms with Gasteiger partial charge in [0.15, 0.2) is 5.82 Å². The molecule has 2 N–H and O–H groups in total. The molecule has 0 amide bonds. The number of esters is 1. The van der Waals surface area contributed by atoms with Crippen LogP contribution in [-0.4, -0.2) is 15.9 Å². The fraction of sp³-hybridized carbons (Fsp3) is 0.0833. The Hall–Kier alpha value is -2.43. The lowest BCUT2D eigenvalue weighted by Crippen LogP contribution is -2.07. The molecule has 0 aliphatic carbocycles. The van der Waals surface area contributed by atoms with Crippen molar-refractivity contribution in [2.45, 2.75) is 6.92 Å². The van der Waals surface area contributed by atoms with Crippen LogP contribution in [0.2, 0.25) is 0 Å². The van der Waals surface area contributed by atoms with Gasteiger partial charge in [0.05, 0.1) is 11.9 Å². The fourth-order valence-electron chi connectivity index (χ4n) is 1.34. The van der Waals surface area contributed by atoms with Gasteiger partial charge in [0.25, 0.3) is 5.88 Å². The third kappa shape index (κ3) is 2.57. The van der Waals surface area contributed by atoms with E-state index in [1.165, 1.54) is 13.1 Å². The monoisotopic (exact) mass is 229 g/mol. The number of aromatic nitrogens is 2. The largest absolute Gasteiger partial charge is 0.404 e. The van der Waals surface area contributed by atoms with Gasteiger partial charge in [-0.05, 0) is 0 Å². The number of ether oxygens (including phenoxy) is 1. The van der Waals surface area contributed by atoms with Crippen LogP contribution in [0.5, 0.6) is 5.88 Å². The molecule has 1 aromatic heterocycles. The summed E-state index contributed by atoms with van der Waals surface area (Å²) >= 11 is 0. The zero-order valence-corrected chi connectivity index (χ0v) is 9.25. The molecule has 5 nitrogen and oxygen atoms in total. The first kappa shape index (κ1) is 11.1. The predicted molar refractivity (Wildman–Crippen MR) is 63.2 cm³/mol. The van der Waals surface area contributed by atoms with Crippen molar-refractivity contribution in [3.05, 3.63) is 36.5 Å². The Kier molecular flexibility index (Phi) is 3.00. The summed E-state index contributed by atoms with van der Waals surface area (Å²) in [5.41, 5.74) is 7.06. The molecule has 0 radical (unpaired) electrons. The number of nitrogen functional groups attached to an aromatic ring is 1. The minimum Gasteiger partial charge on any atom is -0.404 e. The summed E-state index contributed by atoms with van der Waals surface area (Å²) < 4.78 is 4.87. The Morgan fingerprint density at radius 2 is 2.00 bits per heavy atom. The predicted octanol–water partition coefficient (Wildman–Crippen LogP) is 1.65. The van der Waals surface area contributed by atoms with Crippen molar-refractivity contribution in [1.29, 1.82) is 0 Å². The van der Waals surface area contributed by atoms with Crippen LogP contribution in [0, 0.1) is 0 Å². The molecule has 2 aromatic rings. The molecule has 0 fully saturated rings. The Labute approximate surface area is 98.3 Å². The minimum absolute atomic E-state index is 0.0406. The molecular formula is C12H11N3O2. The maximum absolute atomic E-state index is 10.9. The molecular weight excluding hydrogens is 218 g/mol. The van der Waals surface area contributed by atoms with Crippen LogP contribution >= 0.6 is 0 Å². The first-order valence-electron chi connectivity index (χ1n) is 5.03. The van der Waals surface area contributed by atoms with Crippen LogP contribution < -0.4 is 10.5 Å². The van der Waals surface area contributed by atoms with E-state index in [0.717, 1.165) is 5.56 Å². The molecule has 0 aliphatic rings. The van der Waals surface area contributed by atoms with E-state index in [1.54, 1.807) is 0 Å². The Morgan fingerprint density at radius 3 is 2.65 bits per heavy atom. The van der Waals surface area contributed by atoms with Gasteiger partial charge in [-0.15, -0.1) is 0 Å². The summed E-state index contributed by atoms with van der Waals surface area (Å²) in [5.74, 6) is -0.338. The fourth-order valence-corrected chi connectivity index (χ4v) is 1.34. The molecule has 0 saturated carbocycles. The molecule has 1 heterocycles. The lowest BCUT2D eigenvalue weighted by molar-refractivity contribution is -0.132. The number of benzene rings is 1. The summed E-state index contributed by atoms with van der Waals surface area (Å²) in [5, 5.41) is 0. The lowest BCUT2D eigenvalue weighted by Gasteiger charge is -2.05. The summed E-state index contributed by atoms with van der Waals surface area (Å²) in [4.78, 5) is 19.0. The van der Waals surface area contributed by atoms with Gasteiger partial charge in [-0.25, -0.2) is 9.97 Å².